The molecule has 10 heavy (non-hydrogen) atoms. The van der Waals surface area contributed by atoms with Crippen molar-refractivity contribution in [2.24, 2.45) is 0 Å². The molecule has 4 N–H and O–H groups in total. The van der Waals surface area contributed by atoms with E-state index in [1.54, 1.807) is 0 Å². The van der Waals surface area contributed by atoms with E-state index in [9.17, 15) is 9.13 Å². The minimum Gasteiger partial charge on any atom is -0.323 e. The molecule has 62 valence electrons. The van der Waals surface area contributed by atoms with Gasteiger partial charge >= 0.3 is 15.4 Å². The highest BCUT2D eigenvalue weighted by molar-refractivity contribution is 7.53. The highest BCUT2D eigenvalue weighted by Gasteiger charge is 2.21. The quantitative estimate of drug-likeness (QED) is 0.432. The van der Waals surface area contributed by atoms with E-state index in [1.165, 1.54) is 0 Å². The molecule has 0 amide bonds. The van der Waals surface area contributed by atoms with Crippen LogP contribution in [0.4, 0.5) is 0 Å². The van der Waals surface area contributed by atoms with E-state index in [2.05, 4.69) is 4.52 Å². The minimum atomic E-state index is -4.75. The second kappa shape index (κ2) is 3.11. The molecule has 0 radical (unpaired) electrons. The molecule has 0 heterocycles. The fraction of sp³-hybridized carbons (Fsp3) is 1.00. The first-order valence-electron chi connectivity index (χ1n) is 1.95. The predicted molar refractivity (Wildman–Crippen MR) is 30.0 cm³/mol. The van der Waals surface area contributed by atoms with Gasteiger partial charge in [0.1, 0.15) is 0 Å². The number of phosphoric acid groups is 1. The second-order valence-electron chi connectivity index (χ2n) is 1.41. The zero-order chi connectivity index (χ0) is 8.41. The van der Waals surface area contributed by atoms with Crippen LogP contribution in [-0.2, 0) is 13.7 Å². The van der Waals surface area contributed by atoms with Gasteiger partial charge in [0.15, 0.2) is 6.35 Å². The van der Waals surface area contributed by atoms with Gasteiger partial charge in [-0.25, -0.2) is 4.57 Å². The largest absolute Gasteiger partial charge is 0.470 e. The Kier molecular flexibility index (Phi) is 3.19. The van der Waals surface area contributed by atoms with Crippen LogP contribution in [0.3, 0.4) is 0 Å². The smallest absolute Gasteiger partial charge is 0.323 e. The lowest BCUT2D eigenvalue weighted by Crippen LogP contribution is -1.92. The van der Waals surface area contributed by atoms with E-state index in [4.69, 9.17) is 19.6 Å². The fourth-order valence-electron chi connectivity index (χ4n) is 0.150. The van der Waals surface area contributed by atoms with Gasteiger partial charge in [-0.1, -0.05) is 0 Å². The second-order valence-corrected chi connectivity index (χ2v) is 4.24. The van der Waals surface area contributed by atoms with Gasteiger partial charge in [0, 0.05) is 0 Å². The van der Waals surface area contributed by atoms with Crippen LogP contribution in [0.2, 0.25) is 0 Å². The molecule has 0 unspecified atom stereocenters. The van der Waals surface area contributed by atoms with Gasteiger partial charge in [-0.15, -0.1) is 0 Å². The summed E-state index contributed by atoms with van der Waals surface area (Å²) in [6.45, 7) is 0. The molecule has 0 rings (SSSR count). The topological polar surface area (TPSA) is 124 Å². The van der Waals surface area contributed by atoms with Crippen LogP contribution in [0.25, 0.3) is 0 Å². The first-order chi connectivity index (χ1) is 4.21. The average molecular weight is 192 g/mol. The average Bonchev–Trinajstić information content (AvgIpc) is 1.57. The maximum Gasteiger partial charge on any atom is 0.470 e. The molecule has 9 heteroatoms. The van der Waals surface area contributed by atoms with Gasteiger partial charge in [-0.3, -0.25) is 9.09 Å². The summed E-state index contributed by atoms with van der Waals surface area (Å²) in [6.07, 6.45) is -1.27. The molecular weight excluding hydrogens is 186 g/mol. The van der Waals surface area contributed by atoms with Crippen molar-refractivity contribution in [3.63, 3.8) is 0 Å². The van der Waals surface area contributed by atoms with Gasteiger partial charge in [-0.2, -0.15) is 0 Å². The minimum absolute atomic E-state index is 1.27. The van der Waals surface area contributed by atoms with Crippen molar-refractivity contribution in [1.82, 2.24) is 0 Å². The van der Waals surface area contributed by atoms with Crippen LogP contribution >= 0.6 is 15.4 Å². The van der Waals surface area contributed by atoms with Crippen molar-refractivity contribution < 1.29 is 33.2 Å². The van der Waals surface area contributed by atoms with E-state index in [1.807, 2.05) is 0 Å². The molecular formula is CH6O7P2. The summed E-state index contributed by atoms with van der Waals surface area (Å²) in [4.78, 5) is 31.9. The van der Waals surface area contributed by atoms with Crippen LogP contribution in [0.5, 0.6) is 0 Å². The summed E-state index contributed by atoms with van der Waals surface area (Å²) < 4.78 is 23.2. The van der Waals surface area contributed by atoms with Crippen LogP contribution < -0.4 is 0 Å². The van der Waals surface area contributed by atoms with Crippen LogP contribution in [0.15, 0.2) is 0 Å². The Hall–Kier alpha value is 0.260. The Labute approximate surface area is 56.0 Å². The highest BCUT2D eigenvalue weighted by atomic mass is 31.2. The predicted octanol–water partition coefficient (Wildman–Crippen LogP) is -0.769. The molecule has 0 aliphatic carbocycles. The first-order valence-corrected chi connectivity index (χ1v) is 5.28. The standard InChI is InChI=1S/CH6O7P2/c2-9(3,4)1-8-10(5,6)7/h1H2,(H2,2,3,4)(H2,5,6,7). The van der Waals surface area contributed by atoms with Crippen LogP contribution in [0, 0.1) is 0 Å². The van der Waals surface area contributed by atoms with E-state index in [-0.39, 0.29) is 0 Å². The van der Waals surface area contributed by atoms with Crippen molar-refractivity contribution in [1.29, 1.82) is 0 Å². The molecule has 0 saturated heterocycles. The van der Waals surface area contributed by atoms with Gasteiger partial charge in [0.25, 0.3) is 0 Å². The van der Waals surface area contributed by atoms with Crippen molar-refractivity contribution in [2.45, 2.75) is 0 Å². The summed E-state index contributed by atoms with van der Waals surface area (Å²) in [5.41, 5.74) is 0. The van der Waals surface area contributed by atoms with Crippen LogP contribution in [-0.4, -0.2) is 25.9 Å². The summed E-state index contributed by atoms with van der Waals surface area (Å²) in [6, 6.07) is 0. The number of hydrogen-bond acceptors (Lipinski definition) is 3. The van der Waals surface area contributed by atoms with Gasteiger partial charge in [0.2, 0.25) is 0 Å². The van der Waals surface area contributed by atoms with Crippen molar-refractivity contribution in [3.8, 4) is 0 Å². The molecule has 0 aromatic rings. The molecule has 0 bridgehead atoms. The highest BCUT2D eigenvalue weighted by Crippen LogP contribution is 2.44. The number of hydrogen-bond donors (Lipinski definition) is 4. The molecule has 0 spiro atoms. The molecule has 0 aliphatic heterocycles. The number of rotatable bonds is 3. The third kappa shape index (κ3) is 8.26. The van der Waals surface area contributed by atoms with E-state index >= 15 is 0 Å². The lowest BCUT2D eigenvalue weighted by atomic mass is 11.7. The summed E-state index contributed by atoms with van der Waals surface area (Å²) >= 11 is 0. The maximum atomic E-state index is 9.90. The van der Waals surface area contributed by atoms with Crippen molar-refractivity contribution in [2.75, 3.05) is 6.35 Å². The summed E-state index contributed by atoms with van der Waals surface area (Å²) in [7, 11) is -9.23. The lowest BCUT2D eigenvalue weighted by molar-refractivity contribution is 0.207. The molecule has 0 aromatic carbocycles. The van der Waals surface area contributed by atoms with Crippen molar-refractivity contribution >= 4 is 15.4 Å². The molecule has 0 fully saturated rings. The molecule has 0 aliphatic rings. The molecule has 0 atom stereocenters. The van der Waals surface area contributed by atoms with E-state index in [0.717, 1.165) is 0 Å². The lowest BCUT2D eigenvalue weighted by Gasteiger charge is -2.05. The van der Waals surface area contributed by atoms with E-state index < -0.39 is 21.8 Å². The Balaban J connectivity index is 3.79. The monoisotopic (exact) mass is 192 g/mol. The summed E-state index contributed by atoms with van der Waals surface area (Å²) in [5.74, 6) is 0. The Morgan fingerprint density at radius 3 is 1.60 bits per heavy atom. The van der Waals surface area contributed by atoms with E-state index in [0.29, 0.717) is 0 Å². The molecule has 0 saturated carbocycles. The maximum absolute atomic E-state index is 9.90. The Morgan fingerprint density at radius 2 is 1.50 bits per heavy atom. The van der Waals surface area contributed by atoms with Crippen LogP contribution in [0.1, 0.15) is 0 Å². The Bertz CT molecular complexity index is 162. The third-order valence-corrected chi connectivity index (χ3v) is 1.53. The van der Waals surface area contributed by atoms with Crippen molar-refractivity contribution in [3.05, 3.63) is 0 Å². The zero-order valence-corrected chi connectivity index (χ0v) is 6.40. The SMILES string of the molecule is O=P(O)(O)COP(=O)(O)O. The first kappa shape index (κ1) is 10.3. The molecule has 0 aromatic heterocycles. The Morgan fingerprint density at radius 1 is 1.10 bits per heavy atom. The van der Waals surface area contributed by atoms with Gasteiger partial charge in [-0.05, 0) is 0 Å². The van der Waals surface area contributed by atoms with Gasteiger partial charge < -0.3 is 19.6 Å². The summed E-state index contributed by atoms with van der Waals surface area (Å²) in [5, 5.41) is 0. The number of phosphoric ester groups is 1. The zero-order valence-electron chi connectivity index (χ0n) is 4.62. The normalized spacial score (nSPS) is 13.6. The third-order valence-electron chi connectivity index (χ3n) is 0.394. The molecule has 7 nitrogen and oxygen atoms in total. The fourth-order valence-corrected chi connectivity index (χ4v) is 1.35. The van der Waals surface area contributed by atoms with Gasteiger partial charge in [0.05, 0.1) is 0 Å².